The van der Waals surface area contributed by atoms with Crippen molar-refractivity contribution in [2.45, 2.75) is 38.5 Å². The molecule has 0 fully saturated rings. The summed E-state index contributed by atoms with van der Waals surface area (Å²) in [6, 6.07) is -2.61. The van der Waals surface area contributed by atoms with Crippen molar-refractivity contribution < 1.29 is 37.3 Å². The Kier molecular flexibility index (Phi) is 7.57. The monoisotopic (exact) mass is 437 g/mol. The Hall–Kier alpha value is -2.62. The molecule has 156 valence electrons. The molecule has 0 aliphatic heterocycles. The zero-order valence-electron chi connectivity index (χ0n) is 14.9. The van der Waals surface area contributed by atoms with Crippen LogP contribution >= 0.6 is 11.3 Å². The van der Waals surface area contributed by atoms with E-state index in [-0.39, 0.29) is 17.1 Å². The number of thiazole rings is 1. The van der Waals surface area contributed by atoms with Crippen LogP contribution in [0.1, 0.15) is 26.5 Å². The number of carbonyl (C=O) groups excluding carboxylic acids is 2. The Balaban J connectivity index is 3.14. The number of hydrogen-bond acceptors (Lipinski definition) is 10. The minimum Gasteiger partial charge on any atom is -0.478 e. The van der Waals surface area contributed by atoms with Gasteiger partial charge in [-0.3, -0.25) is 9.35 Å². The van der Waals surface area contributed by atoms with E-state index < -0.39 is 45.6 Å². The molecule has 0 saturated heterocycles. The molecule has 2 atom stereocenters. The molecule has 0 unspecified atom stereocenters. The first-order valence-corrected chi connectivity index (χ1v) is 9.80. The lowest BCUT2D eigenvalue weighted by Crippen LogP contribution is -2.52. The van der Waals surface area contributed by atoms with Gasteiger partial charge in [-0.25, -0.2) is 9.78 Å². The number of carboxylic acid groups (broad SMARTS) is 1. The van der Waals surface area contributed by atoms with Crippen molar-refractivity contribution in [2.75, 3.05) is 5.73 Å². The van der Waals surface area contributed by atoms with Crippen LogP contribution in [0.4, 0.5) is 5.13 Å². The molecule has 0 bridgehead atoms. The first-order valence-electron chi connectivity index (χ1n) is 7.48. The molecule has 1 heterocycles. The second kappa shape index (κ2) is 9.05. The van der Waals surface area contributed by atoms with E-state index in [0.717, 1.165) is 11.3 Å². The summed E-state index contributed by atoms with van der Waals surface area (Å²) < 4.78 is 32.3. The van der Waals surface area contributed by atoms with Crippen LogP contribution in [0.2, 0.25) is 0 Å². The Morgan fingerprint density at radius 1 is 1.46 bits per heavy atom. The maximum Gasteiger partial charge on any atom is 0.350 e. The fourth-order valence-corrected chi connectivity index (χ4v) is 2.77. The molecule has 13 nitrogen and oxygen atoms in total. The van der Waals surface area contributed by atoms with E-state index in [1.807, 2.05) is 0 Å². The van der Waals surface area contributed by atoms with Crippen LogP contribution in [-0.2, 0) is 29.5 Å². The second-order valence-electron chi connectivity index (χ2n) is 5.93. The highest BCUT2D eigenvalue weighted by molar-refractivity contribution is 7.83. The van der Waals surface area contributed by atoms with Crippen LogP contribution in [0, 0.1) is 0 Å². The van der Waals surface area contributed by atoms with Crippen molar-refractivity contribution >= 4 is 50.6 Å². The van der Waals surface area contributed by atoms with Crippen molar-refractivity contribution in [1.82, 2.24) is 15.0 Å². The van der Waals surface area contributed by atoms with E-state index >= 15 is 0 Å². The van der Waals surface area contributed by atoms with Gasteiger partial charge >= 0.3 is 16.3 Å². The quantitative estimate of drug-likeness (QED) is 0.127. The number of nitrogens with two attached hydrogens (primary N) is 1. The fourth-order valence-electron chi connectivity index (χ4n) is 1.60. The van der Waals surface area contributed by atoms with E-state index in [4.69, 9.17) is 20.2 Å². The molecule has 0 aliphatic rings. The molecule has 0 saturated carbocycles. The molecule has 1 aromatic rings. The van der Waals surface area contributed by atoms with Gasteiger partial charge in [0.25, 0.3) is 5.91 Å². The molecule has 0 radical (unpaired) electrons. The van der Waals surface area contributed by atoms with Crippen LogP contribution in [-0.4, -0.2) is 64.6 Å². The van der Waals surface area contributed by atoms with Gasteiger partial charge in [0, 0.05) is 11.4 Å². The number of aliphatic carboxylic acids is 1. The Labute approximate surface area is 163 Å². The number of oxime groups is 1. The molecular weight excluding hydrogens is 418 g/mol. The lowest BCUT2D eigenvalue weighted by molar-refractivity contribution is -0.161. The average molecular weight is 437 g/mol. The highest BCUT2D eigenvalue weighted by atomic mass is 32.2. The first-order chi connectivity index (χ1) is 12.8. The number of aromatic nitrogens is 1. The van der Waals surface area contributed by atoms with E-state index in [2.05, 4.69) is 15.5 Å². The highest BCUT2D eigenvalue weighted by Crippen LogP contribution is 2.15. The molecule has 0 spiro atoms. The third-order valence-corrected chi connectivity index (χ3v) is 4.52. The van der Waals surface area contributed by atoms with E-state index in [0.29, 0.717) is 0 Å². The van der Waals surface area contributed by atoms with E-state index in [9.17, 15) is 22.8 Å². The third-order valence-electron chi connectivity index (χ3n) is 3.18. The smallest absolute Gasteiger partial charge is 0.350 e. The number of nitrogen functional groups attached to an aromatic ring is 1. The van der Waals surface area contributed by atoms with Crippen LogP contribution in [0.15, 0.2) is 10.5 Å². The summed E-state index contributed by atoms with van der Waals surface area (Å²) in [4.78, 5) is 43.6. The lowest BCUT2D eigenvalue weighted by atomic mass is 10.1. The molecular formula is C13H19N5O8S2. The van der Waals surface area contributed by atoms with Gasteiger partial charge in [-0.05, 0) is 20.8 Å². The van der Waals surface area contributed by atoms with E-state index in [1.54, 1.807) is 4.72 Å². The van der Waals surface area contributed by atoms with Gasteiger partial charge in [-0.1, -0.05) is 5.16 Å². The maximum absolute atomic E-state index is 12.5. The molecule has 15 heteroatoms. The second-order valence-corrected chi connectivity index (χ2v) is 8.01. The predicted octanol–water partition coefficient (Wildman–Crippen LogP) is -1.23. The SMILES string of the molecule is C[C@H](NS(=O)(=O)O)[C@@H](C=O)NC(=O)/C(=N\OC(C)(C)C(=O)O)c1csc(N)n1. The zero-order chi connectivity index (χ0) is 21.7. The van der Waals surface area contributed by atoms with Gasteiger partial charge in [-0.2, -0.15) is 13.1 Å². The Morgan fingerprint density at radius 3 is 2.50 bits per heavy atom. The van der Waals surface area contributed by atoms with Crippen LogP contribution < -0.4 is 15.8 Å². The number of rotatable bonds is 10. The minimum atomic E-state index is -4.63. The van der Waals surface area contributed by atoms with Gasteiger partial charge < -0.3 is 25.8 Å². The average Bonchev–Trinajstić information content (AvgIpc) is 2.96. The Morgan fingerprint density at radius 2 is 2.07 bits per heavy atom. The normalized spacial score (nSPS) is 14.8. The number of nitrogens with one attached hydrogen (secondary N) is 2. The summed E-state index contributed by atoms with van der Waals surface area (Å²) in [7, 11) is -4.63. The number of carbonyl (C=O) groups is 3. The summed E-state index contributed by atoms with van der Waals surface area (Å²) in [5.74, 6) is -2.38. The molecule has 1 rings (SSSR count). The number of aldehydes is 1. The van der Waals surface area contributed by atoms with Crippen LogP contribution in [0.25, 0.3) is 0 Å². The molecule has 1 aromatic heterocycles. The summed E-state index contributed by atoms with van der Waals surface area (Å²) in [5, 5.41) is 16.2. The third kappa shape index (κ3) is 6.84. The largest absolute Gasteiger partial charge is 0.478 e. The van der Waals surface area contributed by atoms with Crippen molar-refractivity contribution in [1.29, 1.82) is 0 Å². The Bertz CT molecular complexity index is 879. The van der Waals surface area contributed by atoms with Crippen molar-refractivity contribution in [3.63, 3.8) is 0 Å². The number of hydrogen-bond donors (Lipinski definition) is 5. The predicted molar refractivity (Wildman–Crippen MR) is 98.0 cm³/mol. The van der Waals surface area contributed by atoms with Gasteiger partial charge in [0.05, 0.1) is 0 Å². The molecule has 0 aromatic carbocycles. The summed E-state index contributed by atoms with van der Waals surface area (Å²) >= 11 is 0.968. The minimum absolute atomic E-state index is 0.0544. The summed E-state index contributed by atoms with van der Waals surface area (Å²) in [5.41, 5.74) is 3.19. The van der Waals surface area contributed by atoms with E-state index in [1.165, 1.54) is 26.2 Å². The fraction of sp³-hybridized carbons (Fsp3) is 0.462. The van der Waals surface area contributed by atoms with Crippen LogP contribution in [0.3, 0.4) is 0 Å². The number of amides is 1. The van der Waals surface area contributed by atoms with Gasteiger partial charge in [0.15, 0.2) is 10.8 Å². The van der Waals surface area contributed by atoms with Crippen molar-refractivity contribution in [3.8, 4) is 0 Å². The zero-order valence-corrected chi connectivity index (χ0v) is 16.6. The molecule has 1 amide bonds. The maximum atomic E-state index is 12.5. The van der Waals surface area contributed by atoms with Gasteiger partial charge in [-0.15, -0.1) is 11.3 Å². The van der Waals surface area contributed by atoms with Crippen molar-refractivity contribution in [2.24, 2.45) is 5.16 Å². The van der Waals surface area contributed by atoms with Gasteiger partial charge in [0.1, 0.15) is 18.0 Å². The lowest BCUT2D eigenvalue weighted by Gasteiger charge is -2.20. The molecule has 28 heavy (non-hydrogen) atoms. The highest BCUT2D eigenvalue weighted by Gasteiger charge is 2.32. The van der Waals surface area contributed by atoms with Crippen molar-refractivity contribution in [3.05, 3.63) is 11.1 Å². The number of carboxylic acids is 1. The van der Waals surface area contributed by atoms with Crippen LogP contribution in [0.5, 0.6) is 0 Å². The number of anilines is 1. The standard InChI is InChI=1S/C13H19N5O8S2/c1-6(18-28(23,24)25)7(4-19)15-10(20)9(8-5-27-12(14)16-8)17-26-13(2,3)11(21)22/h4-7,18H,1-3H3,(H2,14,16)(H,15,20)(H,21,22)(H,23,24,25)/b17-9-/t6-,7+/m0/s1. The van der Waals surface area contributed by atoms with Gasteiger partial charge in [0.2, 0.25) is 5.60 Å². The molecule has 6 N–H and O–H groups in total. The number of nitrogens with zero attached hydrogens (tertiary/aromatic N) is 2. The summed E-state index contributed by atoms with van der Waals surface area (Å²) in [6.45, 7) is 3.60. The summed E-state index contributed by atoms with van der Waals surface area (Å²) in [6.07, 6.45) is 0.232. The first kappa shape index (κ1) is 23.4. The molecule has 0 aliphatic carbocycles. The topological polar surface area (TPSA) is 210 Å².